The number of hydrogen-bond acceptors (Lipinski definition) is 6. The summed E-state index contributed by atoms with van der Waals surface area (Å²) in [6.07, 6.45) is 0. The number of methoxy groups -OCH3 is 1. The van der Waals surface area contributed by atoms with Crippen LogP contribution in [0.1, 0.15) is 24.3 Å². The van der Waals surface area contributed by atoms with Crippen molar-refractivity contribution < 1.29 is 23.7 Å². The molecule has 23 heavy (non-hydrogen) atoms. The summed E-state index contributed by atoms with van der Waals surface area (Å²) in [6, 6.07) is 6.00. The van der Waals surface area contributed by atoms with Crippen molar-refractivity contribution in [1.29, 1.82) is 0 Å². The maximum Gasteiger partial charge on any atom is 0.290 e. The van der Waals surface area contributed by atoms with Gasteiger partial charge >= 0.3 is 0 Å². The lowest BCUT2D eigenvalue weighted by atomic mass is 10.1. The average molecular weight is 321 g/mol. The van der Waals surface area contributed by atoms with E-state index in [2.05, 4.69) is 20.5 Å². The van der Waals surface area contributed by atoms with E-state index in [4.69, 9.17) is 9.47 Å². The number of rotatable bonds is 5. The van der Waals surface area contributed by atoms with Gasteiger partial charge in [-0.3, -0.25) is 9.74 Å². The molecule has 0 bridgehead atoms. The molecule has 0 radical (unpaired) electrons. The van der Waals surface area contributed by atoms with Crippen LogP contribution in [0.2, 0.25) is 0 Å². The predicted octanol–water partition coefficient (Wildman–Crippen LogP) is 2.61. The minimum atomic E-state index is -0.618. The standard InChI is InChI=1S/C15H16FN3O4/c1-4-22-9(2)18-19-15(20)13-8-14(23-16)11-6-5-10(21-3)7-12(11)17-13/h5-8H,4H2,1-3H3,(H,19,20)/b18-9+. The first-order valence-electron chi connectivity index (χ1n) is 6.83. The van der Waals surface area contributed by atoms with E-state index in [9.17, 15) is 9.32 Å². The van der Waals surface area contributed by atoms with Crippen molar-refractivity contribution in [3.05, 3.63) is 30.0 Å². The highest BCUT2D eigenvalue weighted by atomic mass is 19.3. The zero-order chi connectivity index (χ0) is 16.8. The molecular weight excluding hydrogens is 305 g/mol. The number of ether oxygens (including phenoxy) is 2. The van der Waals surface area contributed by atoms with Gasteiger partial charge in [-0.2, -0.15) is 0 Å². The van der Waals surface area contributed by atoms with Crippen LogP contribution in [0.5, 0.6) is 11.5 Å². The van der Waals surface area contributed by atoms with Crippen LogP contribution in [0, 0.1) is 0 Å². The first kappa shape index (κ1) is 16.5. The van der Waals surface area contributed by atoms with Gasteiger partial charge in [0.15, 0.2) is 5.75 Å². The molecule has 0 aliphatic heterocycles. The van der Waals surface area contributed by atoms with Crippen LogP contribution in [-0.2, 0) is 4.74 Å². The van der Waals surface area contributed by atoms with Gasteiger partial charge in [-0.15, -0.1) is 5.10 Å². The summed E-state index contributed by atoms with van der Waals surface area (Å²) in [6.45, 7) is 3.82. The monoisotopic (exact) mass is 321 g/mol. The van der Waals surface area contributed by atoms with Crippen molar-refractivity contribution >= 4 is 22.7 Å². The molecule has 0 spiro atoms. The molecule has 0 saturated carbocycles. The van der Waals surface area contributed by atoms with Crippen LogP contribution in [0.25, 0.3) is 10.9 Å². The highest BCUT2D eigenvalue weighted by Crippen LogP contribution is 2.28. The second-order valence-corrected chi connectivity index (χ2v) is 4.47. The molecular formula is C15H16FN3O4. The normalized spacial score (nSPS) is 11.2. The minimum Gasteiger partial charge on any atom is -0.497 e. The average Bonchev–Trinajstić information content (AvgIpc) is 2.58. The van der Waals surface area contributed by atoms with Crippen LogP contribution in [0.15, 0.2) is 29.4 Å². The third-order valence-electron chi connectivity index (χ3n) is 2.96. The second-order valence-electron chi connectivity index (χ2n) is 4.47. The van der Waals surface area contributed by atoms with E-state index >= 15 is 0 Å². The first-order chi connectivity index (χ1) is 11.1. The lowest BCUT2D eigenvalue weighted by molar-refractivity contribution is -0.00437. The summed E-state index contributed by atoms with van der Waals surface area (Å²) in [5.74, 6) is 0.0863. The molecule has 1 heterocycles. The van der Waals surface area contributed by atoms with E-state index in [1.54, 1.807) is 32.0 Å². The van der Waals surface area contributed by atoms with Gasteiger partial charge in [-0.25, -0.2) is 10.4 Å². The van der Waals surface area contributed by atoms with Crippen molar-refractivity contribution in [3.8, 4) is 11.5 Å². The number of benzene rings is 1. The minimum absolute atomic E-state index is 0.0496. The van der Waals surface area contributed by atoms with Gasteiger partial charge in [0.2, 0.25) is 5.90 Å². The molecule has 1 amide bonds. The Hall–Kier alpha value is -2.90. The molecule has 8 heteroatoms. The van der Waals surface area contributed by atoms with E-state index < -0.39 is 5.91 Å². The number of hydrazone groups is 1. The Labute approximate surface area is 132 Å². The molecule has 0 unspecified atom stereocenters. The number of nitrogens with zero attached hydrogens (tertiary/aromatic N) is 2. The van der Waals surface area contributed by atoms with Crippen molar-refractivity contribution in [2.24, 2.45) is 5.10 Å². The zero-order valence-electron chi connectivity index (χ0n) is 12.9. The summed E-state index contributed by atoms with van der Waals surface area (Å²) in [7, 11) is 1.50. The molecule has 0 atom stereocenters. The molecule has 2 rings (SSSR count). The van der Waals surface area contributed by atoms with Crippen LogP contribution in [0.3, 0.4) is 0 Å². The van der Waals surface area contributed by atoms with Crippen molar-refractivity contribution in [2.45, 2.75) is 13.8 Å². The molecule has 0 fully saturated rings. The fraction of sp³-hybridized carbons (Fsp3) is 0.267. The molecule has 0 saturated heterocycles. The summed E-state index contributed by atoms with van der Waals surface area (Å²) < 4.78 is 22.9. The van der Waals surface area contributed by atoms with E-state index in [-0.39, 0.29) is 11.4 Å². The Kier molecular flexibility index (Phi) is 5.29. The topological polar surface area (TPSA) is 82.0 Å². The SMILES string of the molecule is CCO/C(C)=N/NC(=O)c1cc(OF)c2ccc(OC)cc2n1. The predicted molar refractivity (Wildman–Crippen MR) is 82.2 cm³/mol. The number of carbonyl (C=O) groups is 1. The van der Waals surface area contributed by atoms with E-state index in [0.29, 0.717) is 29.2 Å². The summed E-state index contributed by atoms with van der Waals surface area (Å²) in [5.41, 5.74) is 2.59. The maximum absolute atomic E-state index is 12.8. The Bertz CT molecular complexity index is 749. The second kappa shape index (κ2) is 7.39. The van der Waals surface area contributed by atoms with Gasteiger partial charge in [0.1, 0.15) is 11.4 Å². The molecule has 7 nitrogen and oxygen atoms in total. The van der Waals surface area contributed by atoms with E-state index in [1.165, 1.54) is 13.2 Å². The number of aromatic nitrogens is 1. The number of pyridine rings is 1. The Morgan fingerprint density at radius 1 is 1.39 bits per heavy atom. The number of fused-ring (bicyclic) bond motifs is 1. The summed E-state index contributed by atoms with van der Waals surface area (Å²) >= 11 is 0. The lowest BCUT2D eigenvalue weighted by Gasteiger charge is -2.07. The lowest BCUT2D eigenvalue weighted by Crippen LogP contribution is -2.21. The van der Waals surface area contributed by atoms with Gasteiger partial charge in [-0.1, -0.05) is 0 Å². The Morgan fingerprint density at radius 3 is 2.83 bits per heavy atom. The molecule has 122 valence electrons. The number of carbonyl (C=O) groups excluding carboxylic acids is 1. The number of halogens is 1. The smallest absolute Gasteiger partial charge is 0.290 e. The Morgan fingerprint density at radius 2 is 2.17 bits per heavy atom. The van der Waals surface area contributed by atoms with Gasteiger partial charge in [-0.05, 0) is 19.1 Å². The molecule has 2 aromatic rings. The molecule has 1 aromatic carbocycles. The molecule has 1 N–H and O–H groups in total. The van der Waals surface area contributed by atoms with Crippen LogP contribution in [0.4, 0.5) is 4.53 Å². The highest BCUT2D eigenvalue weighted by molar-refractivity contribution is 5.97. The van der Waals surface area contributed by atoms with Crippen LogP contribution in [-0.4, -0.2) is 30.5 Å². The van der Waals surface area contributed by atoms with Gasteiger partial charge < -0.3 is 9.47 Å². The zero-order valence-corrected chi connectivity index (χ0v) is 12.9. The number of nitrogens with one attached hydrogen (secondary N) is 1. The highest BCUT2D eigenvalue weighted by Gasteiger charge is 2.14. The third kappa shape index (κ3) is 3.85. The van der Waals surface area contributed by atoms with Crippen LogP contribution < -0.4 is 15.1 Å². The van der Waals surface area contributed by atoms with Gasteiger partial charge in [0.05, 0.1) is 19.2 Å². The molecule has 1 aromatic heterocycles. The van der Waals surface area contributed by atoms with Crippen molar-refractivity contribution in [3.63, 3.8) is 0 Å². The van der Waals surface area contributed by atoms with Crippen molar-refractivity contribution in [2.75, 3.05) is 13.7 Å². The third-order valence-corrected chi connectivity index (χ3v) is 2.96. The maximum atomic E-state index is 12.8. The van der Waals surface area contributed by atoms with Gasteiger partial charge in [0.25, 0.3) is 5.91 Å². The summed E-state index contributed by atoms with van der Waals surface area (Å²) in [4.78, 5) is 20.1. The van der Waals surface area contributed by atoms with E-state index in [1.807, 2.05) is 0 Å². The number of hydrogen-bond donors (Lipinski definition) is 1. The van der Waals surface area contributed by atoms with Crippen molar-refractivity contribution in [1.82, 2.24) is 10.4 Å². The number of amides is 1. The fourth-order valence-corrected chi connectivity index (χ4v) is 1.91. The largest absolute Gasteiger partial charge is 0.497 e. The first-order valence-corrected chi connectivity index (χ1v) is 6.83. The summed E-state index contributed by atoms with van der Waals surface area (Å²) in [5, 5.41) is 4.17. The quantitative estimate of drug-likeness (QED) is 0.520. The molecule has 0 aliphatic rings. The molecule has 0 aliphatic carbocycles. The fourth-order valence-electron chi connectivity index (χ4n) is 1.91. The van der Waals surface area contributed by atoms with Gasteiger partial charge in [0, 0.05) is 29.0 Å². The Balaban J connectivity index is 2.36. The van der Waals surface area contributed by atoms with E-state index in [0.717, 1.165) is 0 Å². The van der Waals surface area contributed by atoms with Crippen LogP contribution >= 0.6 is 0 Å².